The molecule has 2 aromatic carbocycles. The van der Waals surface area contributed by atoms with Crippen LogP contribution in [0.15, 0.2) is 24.3 Å². The number of esters is 2. The molecule has 0 bridgehead atoms. The zero-order chi connectivity index (χ0) is 26.0. The smallest absolute Gasteiger partial charge is 0.345 e. The molecule has 14 heteroatoms. The van der Waals surface area contributed by atoms with E-state index in [1.54, 1.807) is 6.92 Å². The molecule has 0 aromatic heterocycles. The number of ether oxygens (including phenoxy) is 5. The van der Waals surface area contributed by atoms with Crippen LogP contribution >= 0.6 is 0 Å². The van der Waals surface area contributed by atoms with E-state index in [4.69, 9.17) is 18.9 Å². The lowest BCUT2D eigenvalue weighted by Gasteiger charge is -2.09. The fraction of sp³-hybridized carbons (Fsp3) is 0.300. The summed E-state index contributed by atoms with van der Waals surface area (Å²) < 4.78 is 23.7. The molecule has 0 aliphatic rings. The highest BCUT2D eigenvalue weighted by Crippen LogP contribution is 2.35. The van der Waals surface area contributed by atoms with Crippen LogP contribution in [-0.4, -0.2) is 61.9 Å². The molecule has 0 radical (unpaired) electrons. The van der Waals surface area contributed by atoms with Crippen LogP contribution in [0.4, 0.5) is 11.4 Å². The summed E-state index contributed by atoms with van der Waals surface area (Å²) in [5.41, 5.74) is -1.36. The monoisotopic (exact) mass is 482 g/mol. The molecule has 34 heavy (non-hydrogen) atoms. The summed E-state index contributed by atoms with van der Waals surface area (Å²) in [5, 5.41) is 31.0. The second-order valence-corrected chi connectivity index (χ2v) is 5.99. The van der Waals surface area contributed by atoms with E-state index in [-0.39, 0.29) is 46.4 Å². The maximum absolute atomic E-state index is 11.6. The molecule has 14 nitrogen and oxygen atoms in total. The Kier molecular flexibility index (Phi) is 10.0. The van der Waals surface area contributed by atoms with Gasteiger partial charge in [0.05, 0.1) is 57.0 Å². The average Bonchev–Trinajstić information content (AvgIpc) is 2.82. The van der Waals surface area contributed by atoms with Gasteiger partial charge in [-0.3, -0.25) is 20.2 Å². The van der Waals surface area contributed by atoms with Crippen molar-refractivity contribution in [3.63, 3.8) is 0 Å². The minimum atomic E-state index is -0.898. The molecular weight excluding hydrogens is 460 g/mol. The molecule has 0 saturated heterocycles. The van der Waals surface area contributed by atoms with Gasteiger partial charge in [-0.25, -0.2) is 9.59 Å². The Bertz CT molecular complexity index is 1080. The van der Waals surface area contributed by atoms with Crippen LogP contribution in [0.5, 0.6) is 23.0 Å². The number of nitro groups is 2. The van der Waals surface area contributed by atoms with Crippen molar-refractivity contribution in [1.82, 2.24) is 0 Å². The molecule has 0 aliphatic heterocycles. The molecule has 0 aliphatic carbocycles. The first-order valence-corrected chi connectivity index (χ1v) is 9.27. The zero-order valence-electron chi connectivity index (χ0n) is 18.8. The molecule has 0 spiro atoms. The number of carbonyl (C=O) groups excluding carboxylic acids is 2. The van der Waals surface area contributed by atoms with Crippen LogP contribution in [0, 0.1) is 20.2 Å². The van der Waals surface area contributed by atoms with Gasteiger partial charge in [0.1, 0.15) is 11.1 Å². The Labute approximate surface area is 192 Å². The van der Waals surface area contributed by atoms with Crippen LogP contribution < -0.4 is 14.2 Å². The molecule has 1 N–H and O–H groups in total. The van der Waals surface area contributed by atoms with Crippen molar-refractivity contribution < 1.29 is 48.2 Å². The van der Waals surface area contributed by atoms with Gasteiger partial charge in [-0.1, -0.05) is 0 Å². The third-order valence-corrected chi connectivity index (χ3v) is 4.09. The number of hydrogen-bond acceptors (Lipinski definition) is 12. The molecule has 0 atom stereocenters. The zero-order valence-corrected chi connectivity index (χ0v) is 18.8. The van der Waals surface area contributed by atoms with Crippen LogP contribution in [0.1, 0.15) is 27.6 Å². The van der Waals surface area contributed by atoms with Gasteiger partial charge in [0.15, 0.2) is 23.0 Å². The normalized spacial score (nSPS) is 9.68. The predicted molar refractivity (Wildman–Crippen MR) is 115 cm³/mol. The number of benzene rings is 2. The van der Waals surface area contributed by atoms with Crippen LogP contribution in [0.25, 0.3) is 0 Å². The minimum absolute atomic E-state index is 0.0839. The number of hydrogen-bond donors (Lipinski definition) is 1. The number of phenolic OH excluding ortho intramolecular Hbond substituents is 1. The van der Waals surface area contributed by atoms with Gasteiger partial charge in [-0.15, -0.1) is 0 Å². The molecule has 0 unspecified atom stereocenters. The Morgan fingerprint density at radius 3 is 1.65 bits per heavy atom. The van der Waals surface area contributed by atoms with E-state index < -0.39 is 27.5 Å². The van der Waals surface area contributed by atoms with E-state index in [9.17, 15) is 34.9 Å². The Morgan fingerprint density at radius 1 is 0.794 bits per heavy atom. The molecular formula is C20H22N2O12. The SMILES string of the molecule is CCOC(=O)c1cc(OC)c(OC)cc1[N+](=O)[O-].COC(=O)c1cc(O)c(OC)cc1[N+](=O)[O-]. The largest absolute Gasteiger partial charge is 0.504 e. The second-order valence-electron chi connectivity index (χ2n) is 5.99. The number of nitro benzene ring substituents is 2. The third-order valence-electron chi connectivity index (χ3n) is 4.09. The lowest BCUT2D eigenvalue weighted by Crippen LogP contribution is -2.09. The highest BCUT2D eigenvalue weighted by atomic mass is 16.6. The van der Waals surface area contributed by atoms with Gasteiger partial charge in [0, 0.05) is 12.1 Å². The first kappa shape index (κ1) is 27.4. The topological polar surface area (TPSA) is 187 Å². The summed E-state index contributed by atoms with van der Waals surface area (Å²) in [6.45, 7) is 1.74. The van der Waals surface area contributed by atoms with Crippen LogP contribution in [0.3, 0.4) is 0 Å². The van der Waals surface area contributed by atoms with E-state index in [1.807, 2.05) is 0 Å². The van der Waals surface area contributed by atoms with Crippen molar-refractivity contribution in [3.05, 3.63) is 55.6 Å². The fourth-order valence-electron chi connectivity index (χ4n) is 2.54. The number of nitrogens with zero attached hydrogens (tertiary/aromatic N) is 2. The standard InChI is InChI=1S/C11H13NO6.C9H9NO6/c1-4-18-11(13)7-5-9(16-2)10(17-3)6-8(7)12(14)15;1-15-8-4-6(10(13)14)5(3-7(8)11)9(12)16-2/h5-6H,4H2,1-3H3;3-4,11H,1-2H3. The lowest BCUT2D eigenvalue weighted by atomic mass is 10.1. The second kappa shape index (κ2) is 12.4. The van der Waals surface area contributed by atoms with Crippen molar-refractivity contribution in [1.29, 1.82) is 0 Å². The fourth-order valence-corrected chi connectivity index (χ4v) is 2.54. The van der Waals surface area contributed by atoms with E-state index in [0.717, 1.165) is 25.3 Å². The number of aromatic hydroxyl groups is 1. The molecule has 0 fully saturated rings. The van der Waals surface area contributed by atoms with Crippen LogP contribution in [0.2, 0.25) is 0 Å². The molecule has 2 rings (SSSR count). The van der Waals surface area contributed by atoms with Crippen LogP contribution in [-0.2, 0) is 9.47 Å². The maximum atomic E-state index is 11.6. The Balaban J connectivity index is 0.000000342. The van der Waals surface area contributed by atoms with E-state index >= 15 is 0 Å². The lowest BCUT2D eigenvalue weighted by molar-refractivity contribution is -0.385. The van der Waals surface area contributed by atoms with Gasteiger partial charge in [-0.2, -0.15) is 0 Å². The molecule has 184 valence electrons. The maximum Gasteiger partial charge on any atom is 0.345 e. The van der Waals surface area contributed by atoms with Crippen molar-refractivity contribution in [2.75, 3.05) is 35.0 Å². The van der Waals surface area contributed by atoms with Gasteiger partial charge < -0.3 is 28.8 Å². The summed E-state index contributed by atoms with van der Waals surface area (Å²) in [6, 6.07) is 4.25. The number of methoxy groups -OCH3 is 4. The van der Waals surface area contributed by atoms with Gasteiger partial charge in [0.2, 0.25) is 0 Å². The molecule has 0 heterocycles. The minimum Gasteiger partial charge on any atom is -0.504 e. The van der Waals surface area contributed by atoms with E-state index in [1.165, 1.54) is 27.4 Å². The van der Waals surface area contributed by atoms with Gasteiger partial charge in [-0.05, 0) is 6.92 Å². The summed E-state index contributed by atoms with van der Waals surface area (Å²) in [4.78, 5) is 43.0. The quantitative estimate of drug-likeness (QED) is 0.330. The third kappa shape index (κ3) is 6.44. The van der Waals surface area contributed by atoms with Crippen molar-refractivity contribution in [3.8, 4) is 23.0 Å². The predicted octanol–water partition coefficient (Wildman–Crippen LogP) is 2.88. The van der Waals surface area contributed by atoms with E-state index in [2.05, 4.69) is 4.74 Å². The first-order chi connectivity index (χ1) is 16.1. The highest BCUT2D eigenvalue weighted by Gasteiger charge is 2.26. The summed E-state index contributed by atoms with van der Waals surface area (Å²) in [7, 11) is 5.06. The summed E-state index contributed by atoms with van der Waals surface area (Å²) in [6.07, 6.45) is 0. The Hall–Kier alpha value is -4.62. The number of phenols is 1. The van der Waals surface area contributed by atoms with Crippen molar-refractivity contribution in [2.24, 2.45) is 0 Å². The number of rotatable bonds is 8. The van der Waals surface area contributed by atoms with Crippen molar-refractivity contribution >= 4 is 23.3 Å². The highest BCUT2D eigenvalue weighted by molar-refractivity contribution is 5.95. The molecule has 0 saturated carbocycles. The molecule has 0 amide bonds. The van der Waals surface area contributed by atoms with Crippen molar-refractivity contribution in [2.45, 2.75) is 6.92 Å². The Morgan fingerprint density at radius 2 is 1.24 bits per heavy atom. The van der Waals surface area contributed by atoms with Gasteiger partial charge in [0.25, 0.3) is 11.4 Å². The molecule has 2 aromatic rings. The summed E-state index contributed by atoms with van der Waals surface area (Å²) in [5.74, 6) is -1.72. The van der Waals surface area contributed by atoms with E-state index in [0.29, 0.717) is 0 Å². The summed E-state index contributed by atoms with van der Waals surface area (Å²) >= 11 is 0. The number of carbonyl (C=O) groups is 2. The van der Waals surface area contributed by atoms with Gasteiger partial charge >= 0.3 is 11.9 Å². The first-order valence-electron chi connectivity index (χ1n) is 9.27. The average molecular weight is 482 g/mol.